The lowest BCUT2D eigenvalue weighted by molar-refractivity contribution is 0.152. The first-order valence-electron chi connectivity index (χ1n) is 7.18. The molecular formula is C14H25N3O2. The summed E-state index contributed by atoms with van der Waals surface area (Å²) in [5, 5.41) is 7.55. The fraction of sp³-hybridized carbons (Fsp3) is 0.786. The van der Waals surface area contributed by atoms with Crippen LogP contribution in [0.5, 0.6) is 0 Å². The number of hydrogen-bond donors (Lipinski definition) is 1. The van der Waals surface area contributed by atoms with Gasteiger partial charge in [-0.2, -0.15) is 0 Å². The molecule has 0 aromatic carbocycles. The van der Waals surface area contributed by atoms with Gasteiger partial charge in [0.2, 0.25) is 0 Å². The van der Waals surface area contributed by atoms with Gasteiger partial charge in [0.15, 0.2) is 5.76 Å². The second-order valence-electron chi connectivity index (χ2n) is 5.27. The molecule has 1 aliphatic rings. The van der Waals surface area contributed by atoms with Crippen LogP contribution < -0.4 is 5.32 Å². The van der Waals surface area contributed by atoms with Crippen molar-refractivity contribution in [3.63, 3.8) is 0 Å². The number of aromatic nitrogens is 1. The summed E-state index contributed by atoms with van der Waals surface area (Å²) < 4.78 is 10.3. The SMILES string of the molecule is CCNCC1CCCN(Cc2cc(COC)on2)C1. The van der Waals surface area contributed by atoms with Gasteiger partial charge >= 0.3 is 0 Å². The van der Waals surface area contributed by atoms with E-state index in [0.29, 0.717) is 6.61 Å². The van der Waals surface area contributed by atoms with Crippen molar-refractivity contribution in [2.75, 3.05) is 33.3 Å². The maximum Gasteiger partial charge on any atom is 0.162 e. The molecule has 1 saturated heterocycles. The van der Waals surface area contributed by atoms with E-state index in [4.69, 9.17) is 9.26 Å². The molecule has 1 aromatic heterocycles. The van der Waals surface area contributed by atoms with E-state index < -0.39 is 0 Å². The summed E-state index contributed by atoms with van der Waals surface area (Å²) in [5.74, 6) is 1.57. The number of rotatable bonds is 7. The maximum absolute atomic E-state index is 5.22. The molecule has 1 fully saturated rings. The molecule has 0 aliphatic carbocycles. The lowest BCUT2D eigenvalue weighted by atomic mass is 9.98. The monoisotopic (exact) mass is 267 g/mol. The number of nitrogens with one attached hydrogen (secondary N) is 1. The minimum Gasteiger partial charge on any atom is -0.377 e. The van der Waals surface area contributed by atoms with Crippen LogP contribution >= 0.6 is 0 Å². The number of methoxy groups -OCH3 is 1. The van der Waals surface area contributed by atoms with Crippen LogP contribution in [0.15, 0.2) is 10.6 Å². The van der Waals surface area contributed by atoms with Crippen molar-refractivity contribution in [1.82, 2.24) is 15.4 Å². The van der Waals surface area contributed by atoms with Crippen molar-refractivity contribution in [2.24, 2.45) is 5.92 Å². The highest BCUT2D eigenvalue weighted by Crippen LogP contribution is 2.18. The van der Waals surface area contributed by atoms with Gasteiger partial charge in [0.1, 0.15) is 6.61 Å². The molecule has 1 aliphatic heterocycles. The first kappa shape index (κ1) is 14.5. The van der Waals surface area contributed by atoms with Crippen LogP contribution in [0.4, 0.5) is 0 Å². The zero-order chi connectivity index (χ0) is 13.5. The number of nitrogens with zero attached hydrogens (tertiary/aromatic N) is 2. The van der Waals surface area contributed by atoms with Gasteiger partial charge in [-0.05, 0) is 38.4 Å². The van der Waals surface area contributed by atoms with Crippen LogP contribution in [0, 0.1) is 5.92 Å². The minimum absolute atomic E-state index is 0.496. The van der Waals surface area contributed by atoms with Crippen LogP contribution in [0.1, 0.15) is 31.2 Å². The summed E-state index contributed by atoms with van der Waals surface area (Å²) in [5.41, 5.74) is 1.01. The fourth-order valence-corrected chi connectivity index (χ4v) is 2.68. The molecular weight excluding hydrogens is 242 g/mol. The lowest BCUT2D eigenvalue weighted by Gasteiger charge is -2.32. The van der Waals surface area contributed by atoms with Crippen LogP contribution in [-0.4, -0.2) is 43.3 Å². The van der Waals surface area contributed by atoms with Gasteiger partial charge in [-0.25, -0.2) is 0 Å². The Hall–Kier alpha value is -0.910. The van der Waals surface area contributed by atoms with Crippen LogP contribution in [0.2, 0.25) is 0 Å². The molecule has 2 rings (SSSR count). The molecule has 0 amide bonds. The summed E-state index contributed by atoms with van der Waals surface area (Å²) in [6.07, 6.45) is 2.61. The van der Waals surface area contributed by atoms with Crippen LogP contribution in [-0.2, 0) is 17.9 Å². The summed E-state index contributed by atoms with van der Waals surface area (Å²) in [4.78, 5) is 2.47. The number of hydrogen-bond acceptors (Lipinski definition) is 5. The van der Waals surface area contributed by atoms with Gasteiger partial charge < -0.3 is 14.6 Å². The molecule has 1 unspecified atom stereocenters. The van der Waals surface area contributed by atoms with Crippen LogP contribution in [0.3, 0.4) is 0 Å². The van der Waals surface area contributed by atoms with Gasteiger partial charge in [0, 0.05) is 26.3 Å². The lowest BCUT2D eigenvalue weighted by Crippen LogP contribution is -2.39. The average Bonchev–Trinajstić information content (AvgIpc) is 2.85. The van der Waals surface area contributed by atoms with Crippen LogP contribution in [0.25, 0.3) is 0 Å². The largest absolute Gasteiger partial charge is 0.377 e. The van der Waals surface area contributed by atoms with E-state index in [9.17, 15) is 0 Å². The summed E-state index contributed by atoms with van der Waals surface area (Å²) in [6.45, 7) is 8.04. The zero-order valence-corrected chi connectivity index (χ0v) is 12.0. The average molecular weight is 267 g/mol. The number of piperidine rings is 1. The van der Waals surface area contributed by atoms with Gasteiger partial charge in [0.25, 0.3) is 0 Å². The number of ether oxygens (including phenoxy) is 1. The Morgan fingerprint density at radius 1 is 1.58 bits per heavy atom. The highest BCUT2D eigenvalue weighted by atomic mass is 16.5. The Balaban J connectivity index is 1.80. The van der Waals surface area contributed by atoms with Crippen molar-refractivity contribution >= 4 is 0 Å². The summed E-state index contributed by atoms with van der Waals surface area (Å²) >= 11 is 0. The van der Waals surface area contributed by atoms with Crippen molar-refractivity contribution in [3.8, 4) is 0 Å². The van der Waals surface area contributed by atoms with Crippen molar-refractivity contribution in [3.05, 3.63) is 17.5 Å². The number of likely N-dealkylation sites (tertiary alicyclic amines) is 1. The van der Waals surface area contributed by atoms with Crippen molar-refractivity contribution in [2.45, 2.75) is 32.9 Å². The first-order chi connectivity index (χ1) is 9.31. The Morgan fingerprint density at radius 2 is 2.47 bits per heavy atom. The molecule has 2 heterocycles. The quantitative estimate of drug-likeness (QED) is 0.814. The highest BCUT2D eigenvalue weighted by Gasteiger charge is 2.20. The third-order valence-electron chi connectivity index (χ3n) is 3.57. The van der Waals surface area contributed by atoms with E-state index in [0.717, 1.165) is 50.1 Å². The Bertz CT molecular complexity index is 367. The van der Waals surface area contributed by atoms with Gasteiger partial charge in [-0.15, -0.1) is 0 Å². The standard InChI is InChI=1S/C14H25N3O2/c1-3-15-8-12-5-4-6-17(9-12)10-13-7-14(11-18-2)19-16-13/h7,12,15H,3-6,8-11H2,1-2H3. The van der Waals surface area contributed by atoms with E-state index in [1.165, 1.54) is 12.8 Å². The van der Waals surface area contributed by atoms with E-state index in [-0.39, 0.29) is 0 Å². The van der Waals surface area contributed by atoms with Gasteiger partial charge in [-0.3, -0.25) is 4.90 Å². The van der Waals surface area contributed by atoms with E-state index in [1.807, 2.05) is 6.07 Å². The molecule has 1 N–H and O–H groups in total. The smallest absolute Gasteiger partial charge is 0.162 e. The molecule has 0 radical (unpaired) electrons. The Morgan fingerprint density at radius 3 is 3.26 bits per heavy atom. The molecule has 0 bridgehead atoms. The molecule has 19 heavy (non-hydrogen) atoms. The molecule has 1 aromatic rings. The van der Waals surface area contributed by atoms with Gasteiger partial charge in [-0.1, -0.05) is 12.1 Å². The zero-order valence-electron chi connectivity index (χ0n) is 12.0. The molecule has 0 spiro atoms. The first-order valence-corrected chi connectivity index (χ1v) is 7.18. The predicted molar refractivity (Wildman–Crippen MR) is 73.8 cm³/mol. The van der Waals surface area contributed by atoms with E-state index in [1.54, 1.807) is 7.11 Å². The second-order valence-corrected chi connectivity index (χ2v) is 5.27. The minimum atomic E-state index is 0.496. The Labute approximate surface area is 115 Å². The Kier molecular flexibility index (Phi) is 5.82. The fourth-order valence-electron chi connectivity index (χ4n) is 2.68. The summed E-state index contributed by atoms with van der Waals surface area (Å²) in [7, 11) is 1.66. The van der Waals surface area contributed by atoms with Gasteiger partial charge in [0.05, 0.1) is 5.69 Å². The van der Waals surface area contributed by atoms with Crippen molar-refractivity contribution < 1.29 is 9.26 Å². The summed E-state index contributed by atoms with van der Waals surface area (Å²) in [6, 6.07) is 2.00. The molecule has 0 saturated carbocycles. The molecule has 5 heteroatoms. The third-order valence-corrected chi connectivity index (χ3v) is 3.57. The predicted octanol–water partition coefficient (Wildman–Crippen LogP) is 1.64. The topological polar surface area (TPSA) is 50.5 Å². The van der Waals surface area contributed by atoms with E-state index in [2.05, 4.69) is 22.3 Å². The normalized spacial score (nSPS) is 20.8. The molecule has 5 nitrogen and oxygen atoms in total. The third kappa shape index (κ3) is 4.60. The van der Waals surface area contributed by atoms with E-state index >= 15 is 0 Å². The van der Waals surface area contributed by atoms with Crippen molar-refractivity contribution in [1.29, 1.82) is 0 Å². The molecule has 1 atom stereocenters. The highest BCUT2D eigenvalue weighted by molar-refractivity contribution is 5.04. The maximum atomic E-state index is 5.22. The second kappa shape index (κ2) is 7.62. The molecule has 108 valence electrons.